The zero-order valence-electron chi connectivity index (χ0n) is 10.3. The summed E-state index contributed by atoms with van der Waals surface area (Å²) in [6.07, 6.45) is 14.1. The van der Waals surface area contributed by atoms with E-state index < -0.39 is 0 Å². The first kappa shape index (κ1) is 11.0. The minimum absolute atomic E-state index is 0.236. The molecule has 92 valence electrons. The van der Waals surface area contributed by atoms with Crippen molar-refractivity contribution in [3.63, 3.8) is 0 Å². The molecule has 2 atom stereocenters. The lowest BCUT2D eigenvalue weighted by molar-refractivity contribution is -0.137. The number of fused-ring (bicyclic) bond motifs is 1. The minimum Gasteiger partial charge on any atom is -0.369 e. The van der Waals surface area contributed by atoms with Crippen molar-refractivity contribution in [2.75, 3.05) is 6.54 Å². The molecule has 0 aromatic heterocycles. The second-order valence-electron chi connectivity index (χ2n) is 6.03. The summed E-state index contributed by atoms with van der Waals surface area (Å²) in [4.78, 5) is 0. The molecule has 1 spiro atoms. The van der Waals surface area contributed by atoms with Crippen LogP contribution in [-0.2, 0) is 4.74 Å². The maximum atomic E-state index is 6.51. The number of rotatable bonds is 0. The van der Waals surface area contributed by atoms with Crippen molar-refractivity contribution in [2.45, 2.75) is 82.0 Å². The van der Waals surface area contributed by atoms with Gasteiger partial charge in [-0.1, -0.05) is 38.5 Å². The van der Waals surface area contributed by atoms with Gasteiger partial charge in [-0.05, 0) is 25.7 Å². The highest BCUT2D eigenvalue weighted by molar-refractivity contribution is 4.97. The summed E-state index contributed by atoms with van der Waals surface area (Å²) in [5.74, 6) is 0. The number of hydrogen-bond acceptors (Lipinski definition) is 2. The van der Waals surface area contributed by atoms with Gasteiger partial charge in [0.1, 0.15) is 0 Å². The van der Waals surface area contributed by atoms with Crippen molar-refractivity contribution in [3.8, 4) is 0 Å². The van der Waals surface area contributed by atoms with E-state index in [0.29, 0.717) is 12.1 Å². The van der Waals surface area contributed by atoms with E-state index in [-0.39, 0.29) is 5.60 Å². The van der Waals surface area contributed by atoms with Crippen LogP contribution in [-0.4, -0.2) is 24.3 Å². The molecule has 0 radical (unpaired) electrons. The van der Waals surface area contributed by atoms with Gasteiger partial charge in [-0.3, -0.25) is 0 Å². The summed E-state index contributed by atoms with van der Waals surface area (Å²) in [6, 6.07) is 0.659. The predicted molar refractivity (Wildman–Crippen MR) is 65.6 cm³/mol. The lowest BCUT2D eigenvalue weighted by atomic mass is 9.89. The lowest BCUT2D eigenvalue weighted by Crippen LogP contribution is -2.58. The molecule has 1 N–H and O–H groups in total. The molecule has 2 unspecified atom stereocenters. The van der Waals surface area contributed by atoms with Crippen LogP contribution >= 0.6 is 0 Å². The van der Waals surface area contributed by atoms with Crippen molar-refractivity contribution in [1.29, 1.82) is 0 Å². The SMILES string of the molecule is C1CCCC2OC3(CCCC3)CNC2CC1. The van der Waals surface area contributed by atoms with E-state index in [1.165, 1.54) is 64.2 Å². The Morgan fingerprint density at radius 1 is 0.875 bits per heavy atom. The molecule has 2 aliphatic carbocycles. The van der Waals surface area contributed by atoms with Gasteiger partial charge >= 0.3 is 0 Å². The highest BCUT2D eigenvalue weighted by atomic mass is 16.5. The quantitative estimate of drug-likeness (QED) is 0.681. The Labute approximate surface area is 99.1 Å². The predicted octanol–water partition coefficient (Wildman–Crippen LogP) is 3.01. The second kappa shape index (κ2) is 4.66. The molecule has 3 rings (SSSR count). The molecule has 2 saturated carbocycles. The molecule has 2 nitrogen and oxygen atoms in total. The van der Waals surface area contributed by atoms with Crippen LogP contribution in [0.2, 0.25) is 0 Å². The summed E-state index contributed by atoms with van der Waals surface area (Å²) in [6.45, 7) is 1.12. The number of ether oxygens (including phenoxy) is 1. The maximum absolute atomic E-state index is 6.51. The van der Waals surface area contributed by atoms with Crippen LogP contribution < -0.4 is 5.32 Å². The summed E-state index contributed by atoms with van der Waals surface area (Å²) in [5, 5.41) is 3.80. The molecule has 0 bridgehead atoms. The first-order valence-corrected chi connectivity index (χ1v) is 7.29. The average molecular weight is 223 g/mol. The summed E-state index contributed by atoms with van der Waals surface area (Å²) in [7, 11) is 0. The van der Waals surface area contributed by atoms with Crippen LogP contribution in [0, 0.1) is 0 Å². The summed E-state index contributed by atoms with van der Waals surface area (Å²) in [5.41, 5.74) is 0.236. The van der Waals surface area contributed by atoms with E-state index in [1.807, 2.05) is 0 Å². The molecule has 0 aromatic rings. The molecule has 1 aliphatic heterocycles. The van der Waals surface area contributed by atoms with Gasteiger partial charge in [0, 0.05) is 12.6 Å². The zero-order chi connectivity index (χ0) is 10.8. The van der Waals surface area contributed by atoms with E-state index >= 15 is 0 Å². The fourth-order valence-electron chi connectivity index (χ4n) is 3.82. The molecule has 1 saturated heterocycles. The van der Waals surface area contributed by atoms with Crippen LogP contribution in [0.4, 0.5) is 0 Å². The number of nitrogens with one attached hydrogen (secondary N) is 1. The second-order valence-corrected chi connectivity index (χ2v) is 6.03. The van der Waals surface area contributed by atoms with Crippen molar-refractivity contribution in [2.24, 2.45) is 0 Å². The van der Waals surface area contributed by atoms with E-state index in [9.17, 15) is 0 Å². The fraction of sp³-hybridized carbons (Fsp3) is 1.00. The van der Waals surface area contributed by atoms with Crippen LogP contribution in [0.25, 0.3) is 0 Å². The highest BCUT2D eigenvalue weighted by Gasteiger charge is 2.42. The standard InChI is InChI=1S/C14H25NO/c1-2-4-8-13-12(7-3-1)15-11-14(16-13)9-5-6-10-14/h12-13,15H,1-11H2. The highest BCUT2D eigenvalue weighted by Crippen LogP contribution is 2.38. The van der Waals surface area contributed by atoms with E-state index in [2.05, 4.69) is 5.32 Å². The molecule has 16 heavy (non-hydrogen) atoms. The zero-order valence-corrected chi connectivity index (χ0v) is 10.3. The van der Waals surface area contributed by atoms with Gasteiger partial charge in [0.2, 0.25) is 0 Å². The molecule has 0 amide bonds. The van der Waals surface area contributed by atoms with Gasteiger partial charge < -0.3 is 10.1 Å². The first-order valence-electron chi connectivity index (χ1n) is 7.29. The Balaban J connectivity index is 1.66. The maximum Gasteiger partial charge on any atom is 0.0810 e. The Morgan fingerprint density at radius 3 is 2.44 bits per heavy atom. The molecule has 2 heteroatoms. The summed E-state index contributed by atoms with van der Waals surface area (Å²) < 4.78 is 6.51. The normalized spacial score (nSPS) is 39.0. The summed E-state index contributed by atoms with van der Waals surface area (Å²) >= 11 is 0. The van der Waals surface area contributed by atoms with E-state index in [4.69, 9.17) is 4.74 Å². The number of morpholine rings is 1. The van der Waals surface area contributed by atoms with Crippen molar-refractivity contribution in [3.05, 3.63) is 0 Å². The van der Waals surface area contributed by atoms with Gasteiger partial charge in [0.15, 0.2) is 0 Å². The Hall–Kier alpha value is -0.0800. The van der Waals surface area contributed by atoms with E-state index in [1.54, 1.807) is 0 Å². The third-order valence-electron chi connectivity index (χ3n) is 4.81. The smallest absolute Gasteiger partial charge is 0.0810 e. The third-order valence-corrected chi connectivity index (χ3v) is 4.81. The minimum atomic E-state index is 0.236. The van der Waals surface area contributed by atoms with Gasteiger partial charge in [0.25, 0.3) is 0 Å². The molecule has 3 aliphatic rings. The van der Waals surface area contributed by atoms with Gasteiger partial charge in [-0.2, -0.15) is 0 Å². The topological polar surface area (TPSA) is 21.3 Å². The van der Waals surface area contributed by atoms with Gasteiger partial charge in [-0.25, -0.2) is 0 Å². The molecule has 0 aromatic carbocycles. The van der Waals surface area contributed by atoms with Gasteiger partial charge in [0.05, 0.1) is 11.7 Å². The first-order chi connectivity index (χ1) is 7.88. The van der Waals surface area contributed by atoms with Crippen LogP contribution in [0.5, 0.6) is 0 Å². The Morgan fingerprint density at radius 2 is 1.62 bits per heavy atom. The molecular weight excluding hydrogens is 198 g/mol. The Bertz CT molecular complexity index is 235. The third kappa shape index (κ3) is 2.14. The van der Waals surface area contributed by atoms with Crippen LogP contribution in [0.3, 0.4) is 0 Å². The van der Waals surface area contributed by atoms with Gasteiger partial charge in [-0.15, -0.1) is 0 Å². The lowest BCUT2D eigenvalue weighted by Gasteiger charge is -2.45. The fourth-order valence-corrected chi connectivity index (χ4v) is 3.82. The van der Waals surface area contributed by atoms with E-state index in [0.717, 1.165) is 6.54 Å². The molecule has 1 heterocycles. The molecule has 3 fully saturated rings. The van der Waals surface area contributed by atoms with Crippen molar-refractivity contribution in [1.82, 2.24) is 5.32 Å². The van der Waals surface area contributed by atoms with Crippen molar-refractivity contribution < 1.29 is 4.74 Å². The van der Waals surface area contributed by atoms with Crippen LogP contribution in [0.15, 0.2) is 0 Å². The largest absolute Gasteiger partial charge is 0.369 e. The Kier molecular flexibility index (Phi) is 3.21. The monoisotopic (exact) mass is 223 g/mol. The molecular formula is C14H25NO. The van der Waals surface area contributed by atoms with Crippen molar-refractivity contribution >= 4 is 0 Å². The number of hydrogen-bond donors (Lipinski definition) is 1. The van der Waals surface area contributed by atoms with Crippen LogP contribution in [0.1, 0.15) is 64.2 Å². The average Bonchev–Trinajstić information content (AvgIpc) is 2.70.